The number of rotatable bonds is 10. The van der Waals surface area contributed by atoms with Crippen molar-refractivity contribution < 1.29 is 26.4 Å². The summed E-state index contributed by atoms with van der Waals surface area (Å²) in [5.74, 6) is -0.198. The van der Waals surface area contributed by atoms with Gasteiger partial charge in [0, 0.05) is 33.2 Å². The molecule has 0 aliphatic rings. The predicted octanol–water partition coefficient (Wildman–Crippen LogP) is 3.73. The summed E-state index contributed by atoms with van der Waals surface area (Å²) in [6.07, 6.45) is 0.213. The lowest BCUT2D eigenvalue weighted by Crippen LogP contribution is -2.46. The summed E-state index contributed by atoms with van der Waals surface area (Å²) in [5, 5.41) is 0. The molecule has 0 spiro atoms. The molecule has 0 aromatic carbocycles. The lowest BCUT2D eigenvalue weighted by Gasteiger charge is -2.33. The number of likely N-dealkylation sites (N-methyl/N-ethyl adjacent to an activating group) is 1. The van der Waals surface area contributed by atoms with E-state index < -0.39 is 25.6 Å². The van der Waals surface area contributed by atoms with E-state index in [1.807, 2.05) is 62.3 Å². The molecule has 220 valence electrons. The van der Waals surface area contributed by atoms with Gasteiger partial charge >= 0.3 is 5.97 Å². The van der Waals surface area contributed by atoms with Crippen LogP contribution in [0, 0.1) is 16.7 Å². The van der Waals surface area contributed by atoms with Crippen LogP contribution in [-0.2, 0) is 29.6 Å². The molecule has 0 saturated heterocycles. The Morgan fingerprint density at radius 2 is 1.14 bits per heavy atom. The molecule has 0 aromatic heterocycles. The average Bonchev–Trinajstić information content (AvgIpc) is 2.64. The van der Waals surface area contributed by atoms with Crippen molar-refractivity contribution in [1.29, 1.82) is 0 Å². The standard InChI is InChI=1S/C15H31NO4S.C9H22N2O2S.ClH/c1-9-21(18,19)16(8)11-12(14(2,3)4)10-13(17)20-15(5,6)7;1-6-14(12,13)11(5)7-8(10)9(2,3)4;/h12H,9-11H2,1-8H3;8H,6-7,10H2,1-5H3;1H/t12-;8-;/m11./s1. The fraction of sp³-hybridized carbons (Fsp3) is 0.958. The molecule has 9 nitrogen and oxygen atoms in total. The van der Waals surface area contributed by atoms with Crippen molar-refractivity contribution in [2.45, 2.75) is 94.2 Å². The van der Waals surface area contributed by atoms with Crippen LogP contribution in [0.5, 0.6) is 0 Å². The highest BCUT2D eigenvalue weighted by molar-refractivity contribution is 7.89. The average molecular weight is 580 g/mol. The van der Waals surface area contributed by atoms with Crippen LogP contribution in [0.3, 0.4) is 0 Å². The Morgan fingerprint density at radius 1 is 0.778 bits per heavy atom. The minimum absolute atomic E-state index is 0. The SMILES string of the molecule is CCS(=O)(=O)N(C)C[C@@H](CC(=O)OC(C)(C)C)C(C)(C)C.CCS(=O)(=O)N(C)C[C@@H](N)C(C)(C)C.Cl. The van der Waals surface area contributed by atoms with E-state index in [0.29, 0.717) is 13.1 Å². The zero-order valence-corrected chi connectivity index (χ0v) is 27.3. The molecule has 2 N–H and O–H groups in total. The minimum atomic E-state index is -3.24. The van der Waals surface area contributed by atoms with Gasteiger partial charge in [-0.2, -0.15) is 0 Å². The van der Waals surface area contributed by atoms with Crippen LogP contribution in [0.25, 0.3) is 0 Å². The number of carbonyl (C=O) groups excluding carboxylic acids is 1. The quantitative estimate of drug-likeness (QED) is 0.391. The normalized spacial score (nSPS) is 15.0. The first-order valence-corrected chi connectivity index (χ1v) is 15.4. The van der Waals surface area contributed by atoms with Crippen molar-refractivity contribution in [2.24, 2.45) is 22.5 Å². The second-order valence-electron chi connectivity index (χ2n) is 12.2. The van der Waals surface area contributed by atoms with Gasteiger partial charge in [-0.05, 0) is 51.4 Å². The molecule has 0 unspecified atom stereocenters. The van der Waals surface area contributed by atoms with Gasteiger partial charge < -0.3 is 10.5 Å². The van der Waals surface area contributed by atoms with Gasteiger partial charge in [0.15, 0.2) is 0 Å². The van der Waals surface area contributed by atoms with Gasteiger partial charge in [0.25, 0.3) is 0 Å². The van der Waals surface area contributed by atoms with E-state index in [0.717, 1.165) is 0 Å². The Kier molecular flexibility index (Phi) is 16.9. The number of ether oxygens (including phenoxy) is 1. The van der Waals surface area contributed by atoms with Crippen LogP contribution in [0.1, 0.15) is 82.6 Å². The summed E-state index contributed by atoms with van der Waals surface area (Å²) in [7, 11) is -3.21. The fourth-order valence-corrected chi connectivity index (χ4v) is 4.43. The van der Waals surface area contributed by atoms with Crippen LogP contribution in [0.15, 0.2) is 0 Å². The zero-order valence-electron chi connectivity index (χ0n) is 24.8. The highest BCUT2D eigenvalue weighted by Crippen LogP contribution is 2.31. The molecule has 0 saturated carbocycles. The molecule has 0 heterocycles. The summed E-state index contributed by atoms with van der Waals surface area (Å²) < 4.78 is 54.7. The molecule has 0 aliphatic carbocycles. The molecule has 0 aliphatic heterocycles. The van der Waals surface area contributed by atoms with Gasteiger partial charge in [0.05, 0.1) is 17.9 Å². The topological polar surface area (TPSA) is 127 Å². The first kappa shape index (κ1) is 40.0. The van der Waals surface area contributed by atoms with E-state index >= 15 is 0 Å². The maximum absolute atomic E-state index is 12.0. The largest absolute Gasteiger partial charge is 0.460 e. The molecule has 2 atom stereocenters. The van der Waals surface area contributed by atoms with E-state index in [4.69, 9.17) is 10.5 Å². The molecule has 0 radical (unpaired) electrons. The second-order valence-corrected chi connectivity index (χ2v) is 16.9. The molecular formula is C24H54ClN3O6S2. The highest BCUT2D eigenvalue weighted by Gasteiger charge is 2.32. The van der Waals surface area contributed by atoms with Gasteiger partial charge in [-0.3, -0.25) is 4.79 Å². The Bertz CT molecular complexity index is 858. The van der Waals surface area contributed by atoms with Gasteiger partial charge in [0.1, 0.15) is 5.60 Å². The molecule has 0 amide bonds. The molecule has 0 aromatic rings. The van der Waals surface area contributed by atoms with E-state index in [1.54, 1.807) is 27.9 Å². The minimum Gasteiger partial charge on any atom is -0.460 e. The van der Waals surface area contributed by atoms with Crippen molar-refractivity contribution in [1.82, 2.24) is 8.61 Å². The first-order valence-electron chi connectivity index (χ1n) is 12.2. The molecule has 36 heavy (non-hydrogen) atoms. The van der Waals surface area contributed by atoms with Crippen LogP contribution >= 0.6 is 12.4 Å². The Balaban J connectivity index is -0.000000635. The van der Waals surface area contributed by atoms with Gasteiger partial charge in [-0.1, -0.05) is 41.5 Å². The monoisotopic (exact) mass is 579 g/mol. The third-order valence-corrected chi connectivity index (χ3v) is 9.44. The summed E-state index contributed by atoms with van der Waals surface area (Å²) in [5.41, 5.74) is 5.11. The Hall–Kier alpha value is -0.460. The third-order valence-electron chi connectivity index (χ3n) is 5.78. The molecular weight excluding hydrogens is 526 g/mol. The van der Waals surface area contributed by atoms with Gasteiger partial charge in [-0.15, -0.1) is 12.4 Å². The number of esters is 1. The van der Waals surface area contributed by atoms with Gasteiger partial charge in [-0.25, -0.2) is 25.4 Å². The number of sulfonamides is 2. The highest BCUT2D eigenvalue weighted by atomic mass is 35.5. The lowest BCUT2D eigenvalue weighted by atomic mass is 9.78. The summed E-state index contributed by atoms with van der Waals surface area (Å²) >= 11 is 0. The smallest absolute Gasteiger partial charge is 0.306 e. The van der Waals surface area contributed by atoms with E-state index in [2.05, 4.69) is 0 Å². The number of nitrogens with zero attached hydrogens (tertiary/aromatic N) is 2. The van der Waals surface area contributed by atoms with E-state index in [1.165, 1.54) is 8.61 Å². The van der Waals surface area contributed by atoms with Crippen molar-refractivity contribution in [3.63, 3.8) is 0 Å². The Labute approximate surface area is 228 Å². The molecule has 0 fully saturated rings. The number of nitrogens with two attached hydrogens (primary N) is 1. The van der Waals surface area contributed by atoms with Crippen LogP contribution in [0.2, 0.25) is 0 Å². The number of hydrogen-bond acceptors (Lipinski definition) is 7. The van der Waals surface area contributed by atoms with Crippen LogP contribution in [-0.4, -0.2) is 81.7 Å². The summed E-state index contributed by atoms with van der Waals surface area (Å²) in [6.45, 7) is 21.5. The van der Waals surface area contributed by atoms with Crippen LogP contribution < -0.4 is 5.73 Å². The predicted molar refractivity (Wildman–Crippen MR) is 152 cm³/mol. The zero-order chi connectivity index (χ0) is 28.6. The molecule has 12 heteroatoms. The fourth-order valence-electron chi connectivity index (χ4n) is 2.76. The molecule has 0 bridgehead atoms. The Morgan fingerprint density at radius 3 is 1.42 bits per heavy atom. The second kappa shape index (κ2) is 15.2. The van der Waals surface area contributed by atoms with E-state index in [9.17, 15) is 21.6 Å². The van der Waals surface area contributed by atoms with E-state index in [-0.39, 0.29) is 59.1 Å². The first-order chi connectivity index (χ1) is 15.3. The number of carbonyl (C=O) groups is 1. The number of hydrogen-bond donors (Lipinski definition) is 1. The van der Waals surface area contributed by atoms with Crippen molar-refractivity contribution in [3.05, 3.63) is 0 Å². The number of halogens is 1. The maximum atomic E-state index is 12.0. The summed E-state index contributed by atoms with van der Waals surface area (Å²) in [6, 6.07) is -0.145. The van der Waals surface area contributed by atoms with Crippen molar-refractivity contribution in [2.75, 3.05) is 38.7 Å². The van der Waals surface area contributed by atoms with Crippen molar-refractivity contribution >= 4 is 38.4 Å². The molecule has 0 rings (SSSR count). The van der Waals surface area contributed by atoms with Crippen LogP contribution in [0.4, 0.5) is 0 Å². The third kappa shape index (κ3) is 16.4. The van der Waals surface area contributed by atoms with Gasteiger partial charge in [0.2, 0.25) is 20.0 Å². The lowest BCUT2D eigenvalue weighted by molar-refractivity contribution is -0.157. The van der Waals surface area contributed by atoms with Crippen molar-refractivity contribution in [3.8, 4) is 0 Å². The summed E-state index contributed by atoms with van der Waals surface area (Å²) in [4.78, 5) is 12.0. The maximum Gasteiger partial charge on any atom is 0.306 e.